The SMILES string of the molecule is Cc1cc(/C=C2/SC(=Nc3ccc(F)cc3)NC2=O)c(C)n1-c1ccc(OCc2ccccc2)cc1. The summed E-state index contributed by atoms with van der Waals surface area (Å²) in [4.78, 5) is 17.5. The van der Waals surface area contributed by atoms with Crippen LogP contribution in [0.5, 0.6) is 5.75 Å². The molecule has 0 spiro atoms. The van der Waals surface area contributed by atoms with Gasteiger partial charge in [-0.3, -0.25) is 4.79 Å². The number of thioether (sulfide) groups is 1. The van der Waals surface area contributed by atoms with Crippen molar-refractivity contribution in [3.8, 4) is 11.4 Å². The highest BCUT2D eigenvalue weighted by atomic mass is 32.2. The summed E-state index contributed by atoms with van der Waals surface area (Å²) in [5.41, 5.74) is 5.75. The Bertz CT molecular complexity index is 1460. The number of benzene rings is 3. The highest BCUT2D eigenvalue weighted by Crippen LogP contribution is 2.31. The van der Waals surface area contributed by atoms with Gasteiger partial charge in [0.05, 0.1) is 10.6 Å². The first-order valence-corrected chi connectivity index (χ1v) is 12.3. The summed E-state index contributed by atoms with van der Waals surface area (Å²) in [5.74, 6) is 0.275. The van der Waals surface area contributed by atoms with Crippen molar-refractivity contribution in [2.24, 2.45) is 4.99 Å². The number of hydrogen-bond donors (Lipinski definition) is 1. The molecule has 0 atom stereocenters. The molecular formula is C29H24FN3O2S. The van der Waals surface area contributed by atoms with E-state index in [0.717, 1.165) is 34.0 Å². The Morgan fingerprint density at radius 1 is 1.00 bits per heavy atom. The van der Waals surface area contributed by atoms with E-state index in [2.05, 4.69) is 20.9 Å². The van der Waals surface area contributed by atoms with Gasteiger partial charge in [-0.1, -0.05) is 30.3 Å². The lowest BCUT2D eigenvalue weighted by Gasteiger charge is -2.11. The Hall–Kier alpha value is -4.10. The van der Waals surface area contributed by atoms with Gasteiger partial charge in [-0.15, -0.1) is 0 Å². The number of hydrogen-bond acceptors (Lipinski definition) is 4. The molecule has 7 heteroatoms. The number of rotatable bonds is 6. The van der Waals surface area contributed by atoms with Gasteiger partial charge in [0, 0.05) is 17.1 Å². The molecule has 0 aliphatic carbocycles. The van der Waals surface area contributed by atoms with E-state index < -0.39 is 0 Å². The number of amidine groups is 1. The van der Waals surface area contributed by atoms with Crippen molar-refractivity contribution in [2.75, 3.05) is 0 Å². The maximum Gasteiger partial charge on any atom is 0.264 e. The third kappa shape index (κ3) is 5.26. The first kappa shape index (κ1) is 23.6. The summed E-state index contributed by atoms with van der Waals surface area (Å²) >= 11 is 1.27. The minimum Gasteiger partial charge on any atom is -0.489 e. The van der Waals surface area contributed by atoms with E-state index in [4.69, 9.17) is 4.74 Å². The molecule has 1 aliphatic heterocycles. The molecular weight excluding hydrogens is 473 g/mol. The molecule has 5 rings (SSSR count). The monoisotopic (exact) mass is 497 g/mol. The Morgan fingerprint density at radius 3 is 2.44 bits per heavy atom. The number of carbonyl (C=O) groups excluding carboxylic acids is 1. The maximum atomic E-state index is 13.1. The van der Waals surface area contributed by atoms with Crippen molar-refractivity contribution >= 4 is 34.6 Å². The fraction of sp³-hybridized carbons (Fsp3) is 0.103. The fourth-order valence-corrected chi connectivity index (χ4v) is 4.85. The van der Waals surface area contributed by atoms with Crippen molar-refractivity contribution in [1.29, 1.82) is 0 Å². The molecule has 2 heterocycles. The van der Waals surface area contributed by atoms with Crippen molar-refractivity contribution in [3.05, 3.63) is 118 Å². The van der Waals surface area contributed by atoms with Gasteiger partial charge < -0.3 is 14.6 Å². The second-order valence-corrected chi connectivity index (χ2v) is 9.42. The van der Waals surface area contributed by atoms with Gasteiger partial charge in [0.1, 0.15) is 18.2 Å². The van der Waals surface area contributed by atoms with Crippen molar-refractivity contribution < 1.29 is 13.9 Å². The maximum absolute atomic E-state index is 13.1. The molecule has 0 saturated carbocycles. The van der Waals surface area contributed by atoms with E-state index in [9.17, 15) is 9.18 Å². The molecule has 1 N–H and O–H groups in total. The summed E-state index contributed by atoms with van der Waals surface area (Å²) in [5, 5.41) is 3.25. The molecule has 1 amide bonds. The highest BCUT2D eigenvalue weighted by molar-refractivity contribution is 8.18. The number of aryl methyl sites for hydroxylation is 1. The van der Waals surface area contributed by atoms with Gasteiger partial charge in [-0.25, -0.2) is 9.38 Å². The molecule has 1 fully saturated rings. The molecule has 1 saturated heterocycles. The quantitative estimate of drug-likeness (QED) is 0.302. The first-order chi connectivity index (χ1) is 17.5. The normalized spacial score (nSPS) is 15.5. The Kier molecular flexibility index (Phi) is 6.73. The fourth-order valence-electron chi connectivity index (χ4n) is 4.02. The lowest BCUT2D eigenvalue weighted by Crippen LogP contribution is -2.19. The Morgan fingerprint density at radius 2 is 1.72 bits per heavy atom. The molecule has 0 radical (unpaired) electrons. The second kappa shape index (κ2) is 10.3. The number of amides is 1. The van der Waals surface area contributed by atoms with E-state index in [1.165, 1.54) is 23.9 Å². The van der Waals surface area contributed by atoms with E-state index >= 15 is 0 Å². The molecule has 180 valence electrons. The zero-order chi connectivity index (χ0) is 25.1. The summed E-state index contributed by atoms with van der Waals surface area (Å²) in [6, 6.07) is 25.9. The van der Waals surface area contributed by atoms with Crippen LogP contribution in [0.3, 0.4) is 0 Å². The van der Waals surface area contributed by atoms with E-state index in [0.29, 0.717) is 22.4 Å². The number of nitrogens with zero attached hydrogens (tertiary/aromatic N) is 2. The van der Waals surface area contributed by atoms with Gasteiger partial charge in [0.25, 0.3) is 5.91 Å². The lowest BCUT2D eigenvalue weighted by atomic mass is 10.2. The van der Waals surface area contributed by atoms with Crippen LogP contribution in [0, 0.1) is 19.7 Å². The van der Waals surface area contributed by atoms with Crippen LogP contribution in [0.15, 0.2) is 94.8 Å². The standard InChI is InChI=1S/C29H24FN3O2S/c1-19-16-22(17-27-28(34)32-29(36-27)31-24-10-8-23(30)9-11-24)20(2)33(19)25-12-14-26(15-13-25)35-18-21-6-4-3-5-7-21/h3-17H,18H2,1-2H3,(H,31,32,34)/b27-17+. The molecule has 1 aliphatic rings. The van der Waals surface area contributed by atoms with Crippen LogP contribution in [-0.2, 0) is 11.4 Å². The zero-order valence-corrected chi connectivity index (χ0v) is 20.7. The number of ether oxygens (including phenoxy) is 1. The number of carbonyl (C=O) groups is 1. The minimum absolute atomic E-state index is 0.203. The number of halogens is 1. The van der Waals surface area contributed by atoms with Crippen molar-refractivity contribution in [1.82, 2.24) is 9.88 Å². The molecule has 0 unspecified atom stereocenters. The summed E-state index contributed by atoms with van der Waals surface area (Å²) in [6.45, 7) is 4.59. The molecule has 36 heavy (non-hydrogen) atoms. The van der Waals surface area contributed by atoms with Crippen LogP contribution in [0.4, 0.5) is 10.1 Å². The molecule has 4 aromatic rings. The average molecular weight is 498 g/mol. The zero-order valence-electron chi connectivity index (χ0n) is 19.9. The number of aromatic nitrogens is 1. The van der Waals surface area contributed by atoms with Gasteiger partial charge in [-0.05, 0) is 97.4 Å². The third-order valence-corrected chi connectivity index (χ3v) is 6.72. The summed E-state index contributed by atoms with van der Waals surface area (Å²) in [7, 11) is 0. The van der Waals surface area contributed by atoms with Gasteiger partial charge in [-0.2, -0.15) is 0 Å². The smallest absolute Gasteiger partial charge is 0.264 e. The van der Waals surface area contributed by atoms with Crippen LogP contribution >= 0.6 is 11.8 Å². The number of aliphatic imine (C=N–C) groups is 1. The summed E-state index contributed by atoms with van der Waals surface area (Å²) < 4.78 is 21.2. The van der Waals surface area contributed by atoms with Crippen LogP contribution in [0.25, 0.3) is 11.8 Å². The topological polar surface area (TPSA) is 55.6 Å². The minimum atomic E-state index is -0.327. The largest absolute Gasteiger partial charge is 0.489 e. The highest BCUT2D eigenvalue weighted by Gasteiger charge is 2.24. The van der Waals surface area contributed by atoms with Gasteiger partial charge in [0.15, 0.2) is 5.17 Å². The number of nitrogens with one attached hydrogen (secondary N) is 1. The Balaban J connectivity index is 1.32. The predicted molar refractivity (Wildman–Crippen MR) is 143 cm³/mol. The predicted octanol–water partition coefficient (Wildman–Crippen LogP) is 6.70. The van der Waals surface area contributed by atoms with Crippen LogP contribution in [-0.4, -0.2) is 15.6 Å². The Labute approximate surface area is 213 Å². The van der Waals surface area contributed by atoms with Gasteiger partial charge in [0.2, 0.25) is 0 Å². The van der Waals surface area contributed by atoms with Crippen LogP contribution in [0.1, 0.15) is 22.5 Å². The second-order valence-electron chi connectivity index (χ2n) is 8.39. The molecule has 5 nitrogen and oxygen atoms in total. The van der Waals surface area contributed by atoms with Crippen molar-refractivity contribution in [3.63, 3.8) is 0 Å². The molecule has 3 aromatic carbocycles. The van der Waals surface area contributed by atoms with E-state index in [-0.39, 0.29) is 11.7 Å². The van der Waals surface area contributed by atoms with E-state index in [1.807, 2.05) is 74.5 Å². The lowest BCUT2D eigenvalue weighted by molar-refractivity contribution is -0.115. The first-order valence-electron chi connectivity index (χ1n) is 11.5. The third-order valence-electron chi connectivity index (χ3n) is 5.81. The van der Waals surface area contributed by atoms with Crippen LogP contribution in [0.2, 0.25) is 0 Å². The molecule has 1 aromatic heterocycles. The van der Waals surface area contributed by atoms with Crippen molar-refractivity contribution in [2.45, 2.75) is 20.5 Å². The summed E-state index contributed by atoms with van der Waals surface area (Å²) in [6.07, 6.45) is 1.88. The van der Waals surface area contributed by atoms with Gasteiger partial charge >= 0.3 is 0 Å². The molecule has 0 bridgehead atoms. The van der Waals surface area contributed by atoms with E-state index in [1.54, 1.807) is 12.1 Å². The van der Waals surface area contributed by atoms with Crippen LogP contribution < -0.4 is 10.1 Å². The average Bonchev–Trinajstić information content (AvgIpc) is 3.37.